The quantitative estimate of drug-likeness (QED) is 0.480. The molecule has 0 atom stereocenters. The number of aromatic hydroxyl groups is 1. The molecule has 5 heteroatoms. The number of para-hydroxylation sites is 1. The lowest BCUT2D eigenvalue weighted by Gasteiger charge is -2.21. The standard InChI is InChI=1S/C18H20N2O2S/c19-12-16-14-8-4-5-9-15(14)18(20-17(16)21)23-11-10-22-13-6-2-1-3-7-13/h1-3,6-7,12,19H,4-5,8-11H2,(H,20,21). The van der Waals surface area contributed by atoms with E-state index in [0.717, 1.165) is 47.8 Å². The van der Waals surface area contributed by atoms with Crippen molar-refractivity contribution in [2.75, 3.05) is 12.4 Å². The van der Waals surface area contributed by atoms with Gasteiger partial charge in [0.1, 0.15) is 10.8 Å². The lowest BCUT2D eigenvalue weighted by Crippen LogP contribution is -2.10. The van der Waals surface area contributed by atoms with E-state index in [9.17, 15) is 5.11 Å². The molecule has 0 amide bonds. The molecule has 1 aromatic heterocycles. The highest BCUT2D eigenvalue weighted by Gasteiger charge is 2.21. The molecule has 2 aromatic rings. The van der Waals surface area contributed by atoms with Gasteiger partial charge in [-0.25, -0.2) is 4.98 Å². The topological polar surface area (TPSA) is 66.2 Å². The Balaban J connectivity index is 1.68. The van der Waals surface area contributed by atoms with Gasteiger partial charge < -0.3 is 15.3 Å². The van der Waals surface area contributed by atoms with Gasteiger partial charge in [-0.15, -0.1) is 11.8 Å². The van der Waals surface area contributed by atoms with Crippen LogP contribution in [0.2, 0.25) is 0 Å². The molecule has 0 radical (unpaired) electrons. The highest BCUT2D eigenvalue weighted by Crippen LogP contribution is 2.34. The first kappa shape index (κ1) is 15.9. The number of ether oxygens (including phenoxy) is 1. The van der Waals surface area contributed by atoms with Crippen molar-refractivity contribution in [3.8, 4) is 11.6 Å². The summed E-state index contributed by atoms with van der Waals surface area (Å²) in [6, 6.07) is 9.75. The second kappa shape index (κ2) is 7.51. The Kier molecular flexibility index (Phi) is 5.18. The summed E-state index contributed by atoms with van der Waals surface area (Å²) in [6.45, 7) is 0.595. The van der Waals surface area contributed by atoms with E-state index >= 15 is 0 Å². The third kappa shape index (κ3) is 3.67. The number of aromatic nitrogens is 1. The maximum absolute atomic E-state index is 10.1. The van der Waals surface area contributed by atoms with Crippen molar-refractivity contribution in [1.82, 2.24) is 4.98 Å². The number of thioether (sulfide) groups is 1. The molecule has 0 saturated heterocycles. The Bertz CT molecular complexity index is 689. The number of nitrogens with zero attached hydrogens (tertiary/aromatic N) is 1. The van der Waals surface area contributed by atoms with Crippen LogP contribution in [0.3, 0.4) is 0 Å². The zero-order valence-corrected chi connectivity index (χ0v) is 13.7. The van der Waals surface area contributed by atoms with Crippen LogP contribution in [0, 0.1) is 5.41 Å². The molecule has 120 valence electrons. The smallest absolute Gasteiger partial charge is 0.221 e. The number of nitrogens with one attached hydrogen (secondary N) is 1. The van der Waals surface area contributed by atoms with Crippen molar-refractivity contribution in [2.45, 2.75) is 30.7 Å². The third-order valence-electron chi connectivity index (χ3n) is 3.98. The van der Waals surface area contributed by atoms with Crippen LogP contribution in [0.1, 0.15) is 29.5 Å². The average molecular weight is 328 g/mol. The Hall–Kier alpha value is -2.01. The molecule has 0 aliphatic heterocycles. The molecule has 0 fully saturated rings. The van der Waals surface area contributed by atoms with Crippen molar-refractivity contribution >= 4 is 18.0 Å². The van der Waals surface area contributed by atoms with Gasteiger partial charge >= 0.3 is 0 Å². The molecule has 0 unspecified atom stereocenters. The number of rotatable bonds is 6. The van der Waals surface area contributed by atoms with E-state index in [-0.39, 0.29) is 5.88 Å². The van der Waals surface area contributed by atoms with Crippen LogP contribution in [0.25, 0.3) is 0 Å². The van der Waals surface area contributed by atoms with Gasteiger partial charge in [-0.2, -0.15) is 0 Å². The number of benzene rings is 1. The second-order valence-electron chi connectivity index (χ2n) is 5.47. The maximum Gasteiger partial charge on any atom is 0.221 e. The Morgan fingerprint density at radius 1 is 1.17 bits per heavy atom. The predicted molar refractivity (Wildman–Crippen MR) is 93.1 cm³/mol. The fraction of sp³-hybridized carbons (Fsp3) is 0.333. The minimum atomic E-state index is -0.0212. The molecular weight excluding hydrogens is 308 g/mol. The summed E-state index contributed by atoms with van der Waals surface area (Å²) < 4.78 is 5.70. The summed E-state index contributed by atoms with van der Waals surface area (Å²) in [5.41, 5.74) is 2.90. The minimum absolute atomic E-state index is 0.0212. The fourth-order valence-electron chi connectivity index (χ4n) is 2.88. The fourth-order valence-corrected chi connectivity index (χ4v) is 3.79. The van der Waals surface area contributed by atoms with Gasteiger partial charge in [-0.1, -0.05) is 18.2 Å². The number of fused-ring (bicyclic) bond motifs is 1. The van der Waals surface area contributed by atoms with Gasteiger partial charge in [0.2, 0.25) is 5.88 Å². The first-order valence-electron chi connectivity index (χ1n) is 7.85. The summed E-state index contributed by atoms with van der Waals surface area (Å²) >= 11 is 1.62. The third-order valence-corrected chi connectivity index (χ3v) is 4.96. The van der Waals surface area contributed by atoms with Crippen LogP contribution in [-0.2, 0) is 12.8 Å². The predicted octanol–water partition coefficient (Wildman–Crippen LogP) is 3.83. The SMILES string of the molecule is N=Cc1c(O)nc(SCCOc2ccccc2)c2c1CCCC2. The van der Waals surface area contributed by atoms with E-state index in [1.54, 1.807) is 11.8 Å². The van der Waals surface area contributed by atoms with Crippen molar-refractivity contribution in [2.24, 2.45) is 0 Å². The second-order valence-corrected chi connectivity index (χ2v) is 6.56. The van der Waals surface area contributed by atoms with E-state index in [1.165, 1.54) is 11.8 Å². The van der Waals surface area contributed by atoms with Crippen LogP contribution in [-0.4, -0.2) is 28.7 Å². The minimum Gasteiger partial charge on any atom is -0.493 e. The van der Waals surface area contributed by atoms with Gasteiger partial charge in [0.25, 0.3) is 0 Å². The van der Waals surface area contributed by atoms with E-state index < -0.39 is 0 Å². The van der Waals surface area contributed by atoms with Gasteiger partial charge in [-0.05, 0) is 48.9 Å². The summed E-state index contributed by atoms with van der Waals surface area (Å²) in [7, 11) is 0. The molecular formula is C18H20N2O2S. The van der Waals surface area contributed by atoms with Crippen LogP contribution >= 0.6 is 11.8 Å². The number of hydrogen-bond donors (Lipinski definition) is 2. The van der Waals surface area contributed by atoms with E-state index in [2.05, 4.69) is 4.98 Å². The molecule has 1 aromatic carbocycles. The first-order chi connectivity index (χ1) is 11.3. The van der Waals surface area contributed by atoms with Crippen LogP contribution < -0.4 is 4.74 Å². The summed E-state index contributed by atoms with van der Waals surface area (Å²) in [6.07, 6.45) is 5.37. The molecule has 23 heavy (non-hydrogen) atoms. The zero-order chi connectivity index (χ0) is 16.1. The van der Waals surface area contributed by atoms with Crippen molar-refractivity contribution in [1.29, 1.82) is 5.41 Å². The van der Waals surface area contributed by atoms with Gasteiger partial charge in [0, 0.05) is 12.0 Å². The van der Waals surface area contributed by atoms with Crippen molar-refractivity contribution in [3.05, 3.63) is 47.0 Å². The largest absolute Gasteiger partial charge is 0.493 e. The highest BCUT2D eigenvalue weighted by molar-refractivity contribution is 7.99. The van der Waals surface area contributed by atoms with Gasteiger partial charge in [0.05, 0.1) is 12.2 Å². The zero-order valence-electron chi connectivity index (χ0n) is 12.9. The molecule has 0 saturated carbocycles. The molecule has 3 rings (SSSR count). The van der Waals surface area contributed by atoms with E-state index in [1.807, 2.05) is 30.3 Å². The van der Waals surface area contributed by atoms with Crippen LogP contribution in [0.5, 0.6) is 11.6 Å². The normalized spacial score (nSPS) is 13.4. The highest BCUT2D eigenvalue weighted by atomic mass is 32.2. The molecule has 0 bridgehead atoms. The Morgan fingerprint density at radius 3 is 2.65 bits per heavy atom. The van der Waals surface area contributed by atoms with E-state index in [4.69, 9.17) is 10.1 Å². The first-order valence-corrected chi connectivity index (χ1v) is 8.84. The van der Waals surface area contributed by atoms with Crippen LogP contribution in [0.15, 0.2) is 35.4 Å². The molecule has 2 N–H and O–H groups in total. The molecule has 4 nitrogen and oxygen atoms in total. The monoisotopic (exact) mass is 328 g/mol. The Labute approximate surface area is 140 Å². The number of hydrogen-bond acceptors (Lipinski definition) is 5. The summed E-state index contributed by atoms with van der Waals surface area (Å²) in [4.78, 5) is 4.31. The van der Waals surface area contributed by atoms with Crippen molar-refractivity contribution in [3.63, 3.8) is 0 Å². The summed E-state index contributed by atoms with van der Waals surface area (Å²) in [5.74, 6) is 1.62. The molecule has 0 spiro atoms. The maximum atomic E-state index is 10.1. The molecule has 1 aliphatic rings. The van der Waals surface area contributed by atoms with Crippen molar-refractivity contribution < 1.29 is 9.84 Å². The number of pyridine rings is 1. The summed E-state index contributed by atoms with van der Waals surface area (Å²) in [5, 5.41) is 18.5. The van der Waals surface area contributed by atoms with E-state index in [0.29, 0.717) is 12.2 Å². The van der Waals surface area contributed by atoms with Gasteiger partial charge in [-0.3, -0.25) is 0 Å². The lowest BCUT2D eigenvalue weighted by atomic mass is 9.90. The molecule has 1 heterocycles. The molecule has 1 aliphatic carbocycles. The average Bonchev–Trinajstić information content (AvgIpc) is 2.59. The lowest BCUT2D eigenvalue weighted by molar-refractivity contribution is 0.344. The Morgan fingerprint density at radius 2 is 1.91 bits per heavy atom. The van der Waals surface area contributed by atoms with Gasteiger partial charge in [0.15, 0.2) is 0 Å². The van der Waals surface area contributed by atoms with Crippen LogP contribution in [0.4, 0.5) is 0 Å².